The molecule has 2 nitrogen and oxygen atoms in total. The second-order valence-electron chi connectivity index (χ2n) is 5.08. The molecule has 0 aromatic rings. The second kappa shape index (κ2) is 6.29. The van der Waals surface area contributed by atoms with Gasteiger partial charge in [0.15, 0.2) is 0 Å². The van der Waals surface area contributed by atoms with Gasteiger partial charge in [0.05, 0.1) is 0 Å². The summed E-state index contributed by atoms with van der Waals surface area (Å²) >= 11 is 0. The van der Waals surface area contributed by atoms with E-state index in [1.165, 1.54) is 25.9 Å². The fourth-order valence-electron chi connectivity index (χ4n) is 2.39. The summed E-state index contributed by atoms with van der Waals surface area (Å²) in [5.74, 6) is 0.864. The zero-order valence-electron chi connectivity index (χ0n) is 10.5. The lowest BCUT2D eigenvalue weighted by Crippen LogP contribution is -2.42. The van der Waals surface area contributed by atoms with Crippen molar-refractivity contribution in [2.45, 2.75) is 45.7 Å². The summed E-state index contributed by atoms with van der Waals surface area (Å²) in [6.07, 6.45) is 4.66. The molecule has 0 amide bonds. The zero-order valence-corrected chi connectivity index (χ0v) is 10.5. The molecule has 0 aromatic heterocycles. The number of hydrogen-bond donors (Lipinski definition) is 1. The summed E-state index contributed by atoms with van der Waals surface area (Å²) in [5.41, 5.74) is 0. The van der Waals surface area contributed by atoms with Crippen LogP contribution in [0.15, 0.2) is 12.7 Å². The molecule has 2 atom stereocenters. The van der Waals surface area contributed by atoms with Crippen LogP contribution in [0, 0.1) is 5.92 Å². The summed E-state index contributed by atoms with van der Waals surface area (Å²) in [6.45, 7) is 14.1. The minimum Gasteiger partial charge on any atom is -0.314 e. The Kier molecular flexibility index (Phi) is 5.34. The minimum atomic E-state index is 0.633. The normalized spacial score (nSPS) is 27.3. The Bertz CT molecular complexity index is 189. The Morgan fingerprint density at radius 3 is 2.80 bits per heavy atom. The molecule has 0 aromatic carbocycles. The first-order valence-electron chi connectivity index (χ1n) is 6.21. The largest absolute Gasteiger partial charge is 0.314 e. The average molecular weight is 210 g/mol. The van der Waals surface area contributed by atoms with Gasteiger partial charge in [0, 0.05) is 25.2 Å². The Morgan fingerprint density at radius 1 is 1.53 bits per heavy atom. The zero-order chi connectivity index (χ0) is 11.3. The topological polar surface area (TPSA) is 15.3 Å². The standard InChI is InChI=1S/C13H26N2/c1-5-8-15(11(2)3)10-13-6-7-14-12(4)9-13/h5,11-14H,1,6-10H2,2-4H3. The van der Waals surface area contributed by atoms with Gasteiger partial charge >= 0.3 is 0 Å². The van der Waals surface area contributed by atoms with Crippen LogP contribution in [-0.2, 0) is 0 Å². The highest BCUT2D eigenvalue weighted by atomic mass is 15.1. The van der Waals surface area contributed by atoms with Gasteiger partial charge in [0.25, 0.3) is 0 Å². The van der Waals surface area contributed by atoms with Gasteiger partial charge in [-0.2, -0.15) is 0 Å². The highest BCUT2D eigenvalue weighted by Gasteiger charge is 2.21. The van der Waals surface area contributed by atoms with Gasteiger partial charge in [-0.1, -0.05) is 6.08 Å². The molecule has 88 valence electrons. The first-order valence-corrected chi connectivity index (χ1v) is 6.21. The molecule has 1 aliphatic rings. The molecule has 1 aliphatic heterocycles. The average Bonchev–Trinajstić information content (AvgIpc) is 2.17. The fourth-order valence-corrected chi connectivity index (χ4v) is 2.39. The highest BCUT2D eigenvalue weighted by molar-refractivity contribution is 4.81. The molecule has 0 saturated carbocycles. The van der Waals surface area contributed by atoms with E-state index in [-0.39, 0.29) is 0 Å². The van der Waals surface area contributed by atoms with Gasteiger partial charge in [-0.05, 0) is 46.1 Å². The van der Waals surface area contributed by atoms with Crippen LogP contribution in [0.3, 0.4) is 0 Å². The summed E-state index contributed by atoms with van der Waals surface area (Å²) in [6, 6.07) is 1.33. The van der Waals surface area contributed by atoms with Crippen molar-refractivity contribution in [1.82, 2.24) is 10.2 Å². The molecule has 0 radical (unpaired) electrons. The quantitative estimate of drug-likeness (QED) is 0.700. The van der Waals surface area contributed by atoms with Crippen molar-refractivity contribution >= 4 is 0 Å². The van der Waals surface area contributed by atoms with Crippen LogP contribution in [0.25, 0.3) is 0 Å². The maximum atomic E-state index is 3.84. The number of nitrogens with one attached hydrogen (secondary N) is 1. The number of hydrogen-bond acceptors (Lipinski definition) is 2. The molecule has 1 N–H and O–H groups in total. The summed E-state index contributed by atoms with van der Waals surface area (Å²) < 4.78 is 0. The third kappa shape index (κ3) is 4.35. The molecule has 0 aliphatic carbocycles. The predicted molar refractivity (Wildman–Crippen MR) is 67.1 cm³/mol. The Hall–Kier alpha value is -0.340. The summed E-state index contributed by atoms with van der Waals surface area (Å²) in [7, 11) is 0. The molecule has 0 bridgehead atoms. The number of rotatable bonds is 5. The molecule has 2 unspecified atom stereocenters. The van der Waals surface area contributed by atoms with Gasteiger partial charge < -0.3 is 5.32 Å². The predicted octanol–water partition coefficient (Wildman–Crippen LogP) is 2.27. The lowest BCUT2D eigenvalue weighted by molar-refractivity contribution is 0.174. The number of piperidine rings is 1. The maximum Gasteiger partial charge on any atom is 0.0163 e. The van der Waals surface area contributed by atoms with Gasteiger partial charge in [-0.25, -0.2) is 0 Å². The van der Waals surface area contributed by atoms with Gasteiger partial charge in [0.1, 0.15) is 0 Å². The van der Waals surface area contributed by atoms with E-state index in [4.69, 9.17) is 0 Å². The smallest absolute Gasteiger partial charge is 0.0163 e. The van der Waals surface area contributed by atoms with Crippen LogP contribution in [0.5, 0.6) is 0 Å². The van der Waals surface area contributed by atoms with Gasteiger partial charge in [0.2, 0.25) is 0 Å². The van der Waals surface area contributed by atoms with Crippen LogP contribution in [0.1, 0.15) is 33.6 Å². The molecule has 0 spiro atoms. The van der Waals surface area contributed by atoms with E-state index in [0.717, 1.165) is 12.5 Å². The Morgan fingerprint density at radius 2 is 2.27 bits per heavy atom. The van der Waals surface area contributed by atoms with E-state index in [0.29, 0.717) is 12.1 Å². The molecule has 1 heterocycles. The van der Waals surface area contributed by atoms with Gasteiger partial charge in [-0.3, -0.25) is 4.90 Å². The fraction of sp³-hybridized carbons (Fsp3) is 0.846. The van der Waals surface area contributed by atoms with E-state index in [1.54, 1.807) is 0 Å². The second-order valence-corrected chi connectivity index (χ2v) is 5.08. The van der Waals surface area contributed by atoms with Crippen molar-refractivity contribution in [2.24, 2.45) is 5.92 Å². The molecule has 1 saturated heterocycles. The van der Waals surface area contributed by atoms with Crippen LogP contribution < -0.4 is 5.32 Å². The molecular weight excluding hydrogens is 184 g/mol. The third-order valence-corrected chi connectivity index (χ3v) is 3.32. The van der Waals surface area contributed by atoms with Crippen molar-refractivity contribution in [3.8, 4) is 0 Å². The minimum absolute atomic E-state index is 0.633. The Balaban J connectivity index is 2.39. The van der Waals surface area contributed by atoms with Crippen LogP contribution >= 0.6 is 0 Å². The van der Waals surface area contributed by atoms with Gasteiger partial charge in [-0.15, -0.1) is 6.58 Å². The molecule has 15 heavy (non-hydrogen) atoms. The third-order valence-electron chi connectivity index (χ3n) is 3.32. The van der Waals surface area contributed by atoms with Crippen LogP contribution in [0.2, 0.25) is 0 Å². The lowest BCUT2D eigenvalue weighted by atomic mass is 9.92. The summed E-state index contributed by atoms with van der Waals surface area (Å²) in [4.78, 5) is 2.52. The SMILES string of the molecule is C=CCN(CC1CCNC(C)C1)C(C)C. The van der Waals surface area contributed by atoms with Crippen molar-refractivity contribution in [2.75, 3.05) is 19.6 Å². The molecule has 2 heteroatoms. The van der Waals surface area contributed by atoms with Crippen molar-refractivity contribution in [3.05, 3.63) is 12.7 Å². The van der Waals surface area contributed by atoms with Crippen molar-refractivity contribution in [1.29, 1.82) is 0 Å². The first-order chi connectivity index (χ1) is 7.13. The summed E-state index contributed by atoms with van der Waals surface area (Å²) in [5, 5.41) is 3.51. The van der Waals surface area contributed by atoms with E-state index < -0.39 is 0 Å². The van der Waals surface area contributed by atoms with Crippen molar-refractivity contribution in [3.63, 3.8) is 0 Å². The molecule has 1 rings (SSSR count). The monoisotopic (exact) mass is 210 g/mol. The first kappa shape index (κ1) is 12.7. The van der Waals surface area contributed by atoms with E-state index in [1.807, 2.05) is 6.08 Å². The van der Waals surface area contributed by atoms with Crippen LogP contribution in [-0.4, -0.2) is 36.6 Å². The van der Waals surface area contributed by atoms with Crippen molar-refractivity contribution < 1.29 is 0 Å². The van der Waals surface area contributed by atoms with E-state index in [9.17, 15) is 0 Å². The molecule has 1 fully saturated rings. The lowest BCUT2D eigenvalue weighted by Gasteiger charge is -2.34. The number of nitrogens with zero attached hydrogens (tertiary/aromatic N) is 1. The van der Waals surface area contributed by atoms with Crippen LogP contribution in [0.4, 0.5) is 0 Å². The highest BCUT2D eigenvalue weighted by Crippen LogP contribution is 2.18. The maximum absolute atomic E-state index is 3.84. The van der Waals surface area contributed by atoms with E-state index in [2.05, 4.69) is 37.6 Å². The van der Waals surface area contributed by atoms with E-state index >= 15 is 0 Å². The molecular formula is C13H26N2. The Labute approximate surface area is 94.7 Å².